The summed E-state index contributed by atoms with van der Waals surface area (Å²) >= 11 is 0. The second kappa shape index (κ2) is 9.58. The summed E-state index contributed by atoms with van der Waals surface area (Å²) in [6.45, 7) is 0. The molecule has 0 saturated heterocycles. The zero-order valence-electron chi connectivity index (χ0n) is 21.2. The summed E-state index contributed by atoms with van der Waals surface area (Å²) in [6, 6.07) is 13.2. The van der Waals surface area contributed by atoms with E-state index < -0.39 is 47.6 Å². The van der Waals surface area contributed by atoms with E-state index in [0.717, 1.165) is 0 Å². The van der Waals surface area contributed by atoms with Crippen LogP contribution < -0.4 is 9.47 Å². The van der Waals surface area contributed by atoms with Gasteiger partial charge in [0.15, 0.2) is 40.6 Å². The lowest BCUT2D eigenvalue weighted by molar-refractivity contribution is -0.00215. The van der Waals surface area contributed by atoms with Gasteiger partial charge in [0.2, 0.25) is 0 Å². The summed E-state index contributed by atoms with van der Waals surface area (Å²) < 4.78 is 12.4. The molecule has 5 atom stereocenters. The Labute approximate surface area is 232 Å². The van der Waals surface area contributed by atoms with Gasteiger partial charge in [0.05, 0.1) is 6.10 Å². The van der Waals surface area contributed by atoms with Crippen LogP contribution in [0.1, 0.15) is 45.9 Å². The summed E-state index contributed by atoms with van der Waals surface area (Å²) in [6.07, 6.45) is -4.77. The molecule has 0 saturated carbocycles. The van der Waals surface area contributed by atoms with E-state index in [0.29, 0.717) is 16.7 Å². The number of fused-ring (bicyclic) bond motifs is 3. The molecule has 4 aromatic carbocycles. The number of phenols is 7. The van der Waals surface area contributed by atoms with Crippen molar-refractivity contribution >= 4 is 0 Å². The lowest BCUT2D eigenvalue weighted by atomic mass is 9.78. The van der Waals surface area contributed by atoms with Gasteiger partial charge in [-0.2, -0.15) is 0 Å². The van der Waals surface area contributed by atoms with E-state index in [1.807, 2.05) is 0 Å². The monoisotopic (exact) mass is 562 g/mol. The van der Waals surface area contributed by atoms with Crippen LogP contribution in [0.5, 0.6) is 51.7 Å². The molecule has 0 spiro atoms. The van der Waals surface area contributed by atoms with Gasteiger partial charge < -0.3 is 55.4 Å². The van der Waals surface area contributed by atoms with Crippen molar-refractivity contribution < 1.29 is 55.4 Å². The van der Waals surface area contributed by atoms with Crippen LogP contribution >= 0.6 is 0 Å². The molecule has 0 amide bonds. The summed E-state index contributed by atoms with van der Waals surface area (Å²) in [5.74, 6) is -3.43. The van der Waals surface area contributed by atoms with Crippen LogP contribution in [0.4, 0.5) is 0 Å². The Morgan fingerprint density at radius 1 is 0.537 bits per heavy atom. The molecule has 0 aromatic heterocycles. The van der Waals surface area contributed by atoms with Gasteiger partial charge >= 0.3 is 0 Å². The maximum Gasteiger partial charge on any atom is 0.157 e. The van der Waals surface area contributed by atoms with E-state index in [-0.39, 0.29) is 52.0 Å². The van der Waals surface area contributed by atoms with Crippen molar-refractivity contribution in [3.8, 4) is 51.7 Å². The molecule has 41 heavy (non-hydrogen) atoms. The highest BCUT2D eigenvalue weighted by Gasteiger charge is 2.45. The number of hydrogen-bond acceptors (Lipinski definition) is 11. The molecule has 6 rings (SSSR count). The fourth-order valence-electron chi connectivity index (χ4n) is 5.57. The number of hydrogen-bond donors (Lipinski definition) is 9. The van der Waals surface area contributed by atoms with Crippen molar-refractivity contribution in [3.63, 3.8) is 0 Å². The maximum atomic E-state index is 11.7. The summed E-state index contributed by atoms with van der Waals surface area (Å²) in [7, 11) is 0. The molecular weight excluding hydrogens is 536 g/mol. The molecule has 4 aromatic rings. The van der Waals surface area contributed by atoms with Crippen LogP contribution in [0.3, 0.4) is 0 Å². The van der Waals surface area contributed by atoms with Gasteiger partial charge in [0.1, 0.15) is 29.5 Å². The average molecular weight is 563 g/mol. The molecule has 0 bridgehead atoms. The van der Waals surface area contributed by atoms with Crippen molar-refractivity contribution in [2.45, 2.75) is 36.8 Å². The van der Waals surface area contributed by atoms with Crippen molar-refractivity contribution in [1.82, 2.24) is 0 Å². The first-order valence-corrected chi connectivity index (χ1v) is 12.7. The number of aliphatic hydroxyl groups excluding tert-OH is 2. The number of aliphatic hydroxyl groups is 2. The predicted molar refractivity (Wildman–Crippen MR) is 142 cm³/mol. The van der Waals surface area contributed by atoms with Crippen LogP contribution in [-0.2, 0) is 6.42 Å². The quantitative estimate of drug-likeness (QED) is 0.166. The number of rotatable bonds is 3. The Morgan fingerprint density at radius 3 is 1.61 bits per heavy atom. The third-order valence-corrected chi connectivity index (χ3v) is 7.60. The molecule has 0 fully saturated rings. The largest absolute Gasteiger partial charge is 0.507 e. The first-order valence-electron chi connectivity index (χ1n) is 12.7. The Bertz CT molecular complexity index is 1670. The Kier molecular flexibility index (Phi) is 6.13. The minimum atomic E-state index is -1.38. The molecular formula is C30H26O11. The van der Waals surface area contributed by atoms with Gasteiger partial charge in [-0.25, -0.2) is 0 Å². The average Bonchev–Trinajstić information content (AvgIpc) is 2.93. The lowest BCUT2D eigenvalue weighted by Gasteiger charge is -2.41. The third-order valence-electron chi connectivity index (χ3n) is 7.60. The van der Waals surface area contributed by atoms with Crippen molar-refractivity contribution in [2.24, 2.45) is 0 Å². The highest BCUT2D eigenvalue weighted by molar-refractivity contribution is 5.64. The molecule has 5 unspecified atom stereocenters. The van der Waals surface area contributed by atoms with Crippen molar-refractivity contribution in [2.75, 3.05) is 0 Å². The van der Waals surface area contributed by atoms with Gasteiger partial charge in [-0.3, -0.25) is 0 Å². The first-order chi connectivity index (χ1) is 19.5. The predicted octanol–water partition coefficient (Wildman–Crippen LogP) is 3.29. The minimum absolute atomic E-state index is 0.0698. The standard InChI is InChI=1S/C30H26O11/c31-16-4-1-12(7-20(16)35)25-26-24(40-29(27(25)39)14-3-6-18(33)22(37)9-14)11-19(34)15-10-23(38)28(41-30(15)26)13-2-5-17(32)21(36)8-13/h1-9,11,23,25,27-29,31-39H,10H2. The van der Waals surface area contributed by atoms with E-state index in [4.69, 9.17) is 9.47 Å². The highest BCUT2D eigenvalue weighted by atomic mass is 16.5. The first kappa shape index (κ1) is 26.2. The molecule has 2 aliphatic heterocycles. The van der Waals surface area contributed by atoms with Gasteiger partial charge in [-0.1, -0.05) is 18.2 Å². The molecule has 11 heteroatoms. The van der Waals surface area contributed by atoms with Crippen LogP contribution in [0.25, 0.3) is 0 Å². The molecule has 212 valence electrons. The van der Waals surface area contributed by atoms with E-state index in [2.05, 4.69) is 0 Å². The van der Waals surface area contributed by atoms with E-state index in [1.54, 1.807) is 0 Å². The fraction of sp³-hybridized carbons (Fsp3) is 0.200. The SMILES string of the molecule is Oc1ccc(C2Oc3c(c(O)cc4c3C(c3ccc(O)c(O)c3)C(O)C(c3ccc(O)c(O)c3)O4)CC2O)cc1O. The van der Waals surface area contributed by atoms with Crippen LogP contribution in [0.15, 0.2) is 60.7 Å². The fourth-order valence-corrected chi connectivity index (χ4v) is 5.57. The summed E-state index contributed by atoms with van der Waals surface area (Å²) in [5.41, 5.74) is 1.52. The zero-order chi connectivity index (χ0) is 29.2. The van der Waals surface area contributed by atoms with E-state index in [9.17, 15) is 46.0 Å². The maximum absolute atomic E-state index is 11.7. The second-order valence-corrected chi connectivity index (χ2v) is 10.2. The van der Waals surface area contributed by atoms with Gasteiger partial charge in [-0.15, -0.1) is 0 Å². The normalized spacial score (nSPS) is 23.1. The summed E-state index contributed by atoms with van der Waals surface area (Å²) in [4.78, 5) is 0. The molecule has 0 radical (unpaired) electrons. The van der Waals surface area contributed by atoms with Crippen LogP contribution in [-0.4, -0.2) is 58.2 Å². The van der Waals surface area contributed by atoms with Crippen molar-refractivity contribution in [1.29, 1.82) is 0 Å². The third kappa shape index (κ3) is 4.31. The highest BCUT2D eigenvalue weighted by Crippen LogP contribution is 2.56. The van der Waals surface area contributed by atoms with Gasteiger partial charge in [-0.05, 0) is 53.1 Å². The number of ether oxygens (including phenoxy) is 2. The van der Waals surface area contributed by atoms with E-state index >= 15 is 0 Å². The van der Waals surface area contributed by atoms with Crippen molar-refractivity contribution in [3.05, 3.63) is 88.5 Å². The zero-order valence-corrected chi connectivity index (χ0v) is 21.2. The van der Waals surface area contributed by atoms with E-state index in [1.165, 1.54) is 60.7 Å². The van der Waals surface area contributed by atoms with Crippen LogP contribution in [0.2, 0.25) is 0 Å². The molecule has 11 nitrogen and oxygen atoms in total. The smallest absolute Gasteiger partial charge is 0.157 e. The molecule has 9 N–H and O–H groups in total. The topological polar surface area (TPSA) is 201 Å². The number of aromatic hydroxyl groups is 7. The lowest BCUT2D eigenvalue weighted by Crippen LogP contribution is -2.37. The molecule has 2 heterocycles. The Hall–Kier alpha value is -5.00. The van der Waals surface area contributed by atoms with Crippen LogP contribution in [0, 0.1) is 0 Å². The van der Waals surface area contributed by atoms with Gasteiger partial charge in [0, 0.05) is 29.5 Å². The second-order valence-electron chi connectivity index (χ2n) is 10.2. The summed E-state index contributed by atoms with van der Waals surface area (Å²) in [5, 5.41) is 93.5. The molecule has 0 aliphatic carbocycles. The van der Waals surface area contributed by atoms with Gasteiger partial charge in [0.25, 0.3) is 0 Å². The Morgan fingerprint density at radius 2 is 1.05 bits per heavy atom. The Balaban J connectivity index is 1.54. The molecule has 2 aliphatic rings. The number of benzene rings is 4. The number of phenolic OH excluding ortho intramolecular Hbond substituents is 7. The minimum Gasteiger partial charge on any atom is -0.507 e.